The smallest absolute Gasteiger partial charge is 0.274 e. The van der Waals surface area contributed by atoms with Gasteiger partial charge in [-0.05, 0) is 49.4 Å². The Morgan fingerprint density at radius 1 is 1.20 bits per heavy atom. The molecule has 1 aromatic carbocycles. The van der Waals surface area contributed by atoms with Gasteiger partial charge >= 0.3 is 0 Å². The molecule has 0 atom stereocenters. The van der Waals surface area contributed by atoms with Crippen LogP contribution >= 0.6 is 0 Å². The van der Waals surface area contributed by atoms with Crippen molar-refractivity contribution in [2.75, 3.05) is 12.4 Å². The van der Waals surface area contributed by atoms with Crippen molar-refractivity contribution in [3.05, 3.63) is 58.9 Å². The minimum Gasteiger partial charge on any atom is -0.321 e. The van der Waals surface area contributed by atoms with Crippen molar-refractivity contribution in [2.24, 2.45) is 0 Å². The summed E-state index contributed by atoms with van der Waals surface area (Å²) in [5.41, 5.74) is 4.73. The van der Waals surface area contributed by atoms with Crippen LogP contribution in [0.4, 0.5) is 5.69 Å². The van der Waals surface area contributed by atoms with Gasteiger partial charge in [-0.2, -0.15) is 0 Å². The summed E-state index contributed by atoms with van der Waals surface area (Å²) in [6, 6.07) is 11.5. The van der Waals surface area contributed by atoms with E-state index in [2.05, 4.69) is 28.3 Å². The number of carbonyl (C=O) groups is 1. The van der Waals surface area contributed by atoms with Gasteiger partial charge in [0.15, 0.2) is 0 Å². The minimum atomic E-state index is -0.167. The first kappa shape index (κ1) is 12.8. The average Bonchev–Trinajstić information content (AvgIpc) is 2.78. The lowest BCUT2D eigenvalue weighted by atomic mass is 10.1. The SMILES string of the molecule is Cc1cccc(C(=O)Nc2ccc3c(c2)CN(C)C3)n1. The van der Waals surface area contributed by atoms with Crippen LogP contribution in [0.25, 0.3) is 0 Å². The Hall–Kier alpha value is -2.20. The number of pyridine rings is 1. The molecule has 0 fully saturated rings. The molecular weight excluding hydrogens is 250 g/mol. The van der Waals surface area contributed by atoms with E-state index in [1.54, 1.807) is 6.07 Å². The van der Waals surface area contributed by atoms with Crippen LogP contribution in [-0.2, 0) is 13.1 Å². The van der Waals surface area contributed by atoms with Gasteiger partial charge in [0.05, 0.1) is 0 Å². The summed E-state index contributed by atoms with van der Waals surface area (Å²) < 4.78 is 0. The van der Waals surface area contributed by atoms with Crippen molar-refractivity contribution in [1.29, 1.82) is 0 Å². The summed E-state index contributed by atoms with van der Waals surface area (Å²) in [5, 5.41) is 2.91. The number of nitrogens with one attached hydrogen (secondary N) is 1. The molecule has 0 saturated heterocycles. The molecule has 20 heavy (non-hydrogen) atoms. The van der Waals surface area contributed by atoms with Gasteiger partial charge in [-0.25, -0.2) is 4.98 Å². The lowest BCUT2D eigenvalue weighted by Gasteiger charge is -2.07. The lowest BCUT2D eigenvalue weighted by molar-refractivity contribution is 0.102. The summed E-state index contributed by atoms with van der Waals surface area (Å²) in [6.45, 7) is 3.78. The number of nitrogens with zero attached hydrogens (tertiary/aromatic N) is 2. The second-order valence-electron chi connectivity index (χ2n) is 5.27. The number of aromatic nitrogens is 1. The molecule has 2 heterocycles. The van der Waals surface area contributed by atoms with E-state index in [1.165, 1.54) is 11.1 Å². The zero-order valence-electron chi connectivity index (χ0n) is 11.7. The third-order valence-electron chi connectivity index (χ3n) is 3.47. The number of aryl methyl sites for hydroxylation is 1. The Labute approximate surface area is 118 Å². The molecule has 0 radical (unpaired) electrons. The fourth-order valence-corrected chi connectivity index (χ4v) is 2.51. The molecule has 0 bridgehead atoms. The highest BCUT2D eigenvalue weighted by Crippen LogP contribution is 2.24. The first-order valence-electron chi connectivity index (χ1n) is 6.67. The van der Waals surface area contributed by atoms with Crippen LogP contribution in [-0.4, -0.2) is 22.8 Å². The van der Waals surface area contributed by atoms with Crippen LogP contribution in [0.3, 0.4) is 0 Å². The summed E-state index contributed by atoms with van der Waals surface area (Å²) in [7, 11) is 2.09. The Bertz CT molecular complexity index is 667. The molecule has 0 aliphatic carbocycles. The molecule has 3 rings (SSSR count). The van der Waals surface area contributed by atoms with E-state index >= 15 is 0 Å². The van der Waals surface area contributed by atoms with Crippen LogP contribution in [0.15, 0.2) is 36.4 Å². The van der Waals surface area contributed by atoms with E-state index in [0.29, 0.717) is 5.69 Å². The molecule has 0 spiro atoms. The highest BCUT2D eigenvalue weighted by molar-refractivity contribution is 6.02. The van der Waals surface area contributed by atoms with Gasteiger partial charge in [0.2, 0.25) is 0 Å². The molecule has 4 nitrogen and oxygen atoms in total. The number of hydrogen-bond acceptors (Lipinski definition) is 3. The van der Waals surface area contributed by atoms with Crippen molar-refractivity contribution >= 4 is 11.6 Å². The quantitative estimate of drug-likeness (QED) is 0.909. The molecule has 1 amide bonds. The van der Waals surface area contributed by atoms with Gasteiger partial charge < -0.3 is 5.32 Å². The molecular formula is C16H17N3O. The first-order chi connectivity index (χ1) is 9.61. The largest absolute Gasteiger partial charge is 0.321 e. The van der Waals surface area contributed by atoms with E-state index in [-0.39, 0.29) is 5.91 Å². The predicted octanol–water partition coefficient (Wildman–Crippen LogP) is 2.59. The molecule has 1 N–H and O–H groups in total. The minimum absolute atomic E-state index is 0.167. The normalized spacial score (nSPS) is 14.1. The number of hydrogen-bond donors (Lipinski definition) is 1. The van der Waals surface area contributed by atoms with E-state index in [0.717, 1.165) is 24.5 Å². The van der Waals surface area contributed by atoms with Crippen LogP contribution in [0.5, 0.6) is 0 Å². The van der Waals surface area contributed by atoms with Gasteiger partial charge in [-0.15, -0.1) is 0 Å². The van der Waals surface area contributed by atoms with Crippen molar-refractivity contribution in [2.45, 2.75) is 20.0 Å². The standard InChI is InChI=1S/C16H17N3O/c1-11-4-3-5-15(17-11)16(20)18-14-7-6-12-9-19(2)10-13(12)8-14/h3-8H,9-10H2,1-2H3,(H,18,20). The zero-order chi connectivity index (χ0) is 14.1. The van der Waals surface area contributed by atoms with Crippen LogP contribution in [0.1, 0.15) is 27.3 Å². The maximum atomic E-state index is 12.1. The fraction of sp³-hybridized carbons (Fsp3) is 0.250. The Balaban J connectivity index is 1.79. The second kappa shape index (κ2) is 5.06. The number of anilines is 1. The number of benzene rings is 1. The molecule has 0 unspecified atom stereocenters. The monoisotopic (exact) mass is 267 g/mol. The van der Waals surface area contributed by atoms with Crippen molar-refractivity contribution in [3.63, 3.8) is 0 Å². The topological polar surface area (TPSA) is 45.2 Å². The van der Waals surface area contributed by atoms with E-state index in [9.17, 15) is 4.79 Å². The summed E-state index contributed by atoms with van der Waals surface area (Å²) in [6.07, 6.45) is 0. The number of fused-ring (bicyclic) bond motifs is 1. The van der Waals surface area contributed by atoms with Crippen molar-refractivity contribution in [1.82, 2.24) is 9.88 Å². The van der Waals surface area contributed by atoms with Crippen molar-refractivity contribution in [3.8, 4) is 0 Å². The van der Waals surface area contributed by atoms with Gasteiger partial charge in [0.25, 0.3) is 5.91 Å². The summed E-state index contributed by atoms with van der Waals surface area (Å²) in [5.74, 6) is -0.167. The summed E-state index contributed by atoms with van der Waals surface area (Å²) in [4.78, 5) is 18.6. The molecule has 4 heteroatoms. The molecule has 0 saturated carbocycles. The van der Waals surface area contributed by atoms with Crippen LogP contribution < -0.4 is 5.32 Å². The van der Waals surface area contributed by atoms with Gasteiger partial charge in [-0.1, -0.05) is 12.1 Å². The van der Waals surface area contributed by atoms with Gasteiger partial charge in [0, 0.05) is 24.5 Å². The average molecular weight is 267 g/mol. The summed E-state index contributed by atoms with van der Waals surface area (Å²) >= 11 is 0. The number of rotatable bonds is 2. The number of carbonyl (C=O) groups excluding carboxylic acids is 1. The van der Waals surface area contributed by atoms with Crippen LogP contribution in [0, 0.1) is 6.92 Å². The van der Waals surface area contributed by atoms with Gasteiger partial charge in [0.1, 0.15) is 5.69 Å². The third kappa shape index (κ3) is 2.56. The van der Waals surface area contributed by atoms with E-state index < -0.39 is 0 Å². The van der Waals surface area contributed by atoms with Crippen LogP contribution in [0.2, 0.25) is 0 Å². The fourth-order valence-electron chi connectivity index (χ4n) is 2.51. The highest BCUT2D eigenvalue weighted by atomic mass is 16.1. The first-order valence-corrected chi connectivity index (χ1v) is 6.67. The highest BCUT2D eigenvalue weighted by Gasteiger charge is 2.16. The third-order valence-corrected chi connectivity index (χ3v) is 3.47. The second-order valence-corrected chi connectivity index (χ2v) is 5.27. The number of amides is 1. The lowest BCUT2D eigenvalue weighted by Crippen LogP contribution is -2.14. The molecule has 1 aromatic heterocycles. The van der Waals surface area contributed by atoms with E-state index in [4.69, 9.17) is 0 Å². The van der Waals surface area contributed by atoms with Crippen molar-refractivity contribution < 1.29 is 4.79 Å². The van der Waals surface area contributed by atoms with E-state index in [1.807, 2.05) is 31.2 Å². The molecule has 1 aliphatic rings. The Morgan fingerprint density at radius 3 is 2.80 bits per heavy atom. The maximum Gasteiger partial charge on any atom is 0.274 e. The molecule has 1 aliphatic heterocycles. The molecule has 102 valence electrons. The Kier molecular flexibility index (Phi) is 3.24. The molecule has 2 aromatic rings. The Morgan fingerprint density at radius 2 is 2.00 bits per heavy atom. The predicted molar refractivity (Wildman–Crippen MR) is 78.5 cm³/mol. The van der Waals surface area contributed by atoms with Gasteiger partial charge in [-0.3, -0.25) is 9.69 Å². The zero-order valence-corrected chi connectivity index (χ0v) is 11.7. The maximum absolute atomic E-state index is 12.1.